The minimum atomic E-state index is -3.62. The van der Waals surface area contributed by atoms with Crippen molar-refractivity contribution in [1.82, 2.24) is 15.0 Å². The molecule has 1 unspecified atom stereocenters. The highest BCUT2D eigenvalue weighted by Gasteiger charge is 2.30. The van der Waals surface area contributed by atoms with Crippen molar-refractivity contribution in [3.63, 3.8) is 0 Å². The number of pyridine rings is 1. The van der Waals surface area contributed by atoms with Crippen LogP contribution in [-0.4, -0.2) is 61.8 Å². The molecule has 1 fully saturated rings. The summed E-state index contributed by atoms with van der Waals surface area (Å²) in [5.74, 6) is -0.431. The summed E-state index contributed by atoms with van der Waals surface area (Å²) in [6.07, 6.45) is 10.2. The molecule has 4 rings (SSSR count). The van der Waals surface area contributed by atoms with Gasteiger partial charge in [-0.05, 0) is 41.8 Å². The fourth-order valence-corrected chi connectivity index (χ4v) is 4.89. The molecule has 0 amide bonds. The number of hydrogen-bond acceptors (Lipinski definition) is 8. The first-order valence-corrected chi connectivity index (χ1v) is 15.6. The topological polar surface area (TPSA) is 104 Å². The predicted molar refractivity (Wildman–Crippen MR) is 161 cm³/mol. The van der Waals surface area contributed by atoms with Crippen LogP contribution < -0.4 is 4.31 Å². The van der Waals surface area contributed by atoms with Crippen LogP contribution in [0.4, 0.5) is 10.3 Å². The summed E-state index contributed by atoms with van der Waals surface area (Å²) < 4.78 is 57.8. The molecule has 1 saturated heterocycles. The molecular formula is C31H37FN4O5S. The minimum Gasteiger partial charge on any atom is -0.373 e. The molecule has 3 aromatic rings. The van der Waals surface area contributed by atoms with E-state index in [1.807, 2.05) is 38.1 Å². The second kappa shape index (κ2) is 14.1. The zero-order chi connectivity index (χ0) is 30.3. The lowest BCUT2D eigenvalue weighted by Gasteiger charge is -2.34. The van der Waals surface area contributed by atoms with Gasteiger partial charge in [0.2, 0.25) is 16.0 Å². The number of sulfonamides is 1. The number of aromatic nitrogens is 3. The van der Waals surface area contributed by atoms with Gasteiger partial charge in [-0.2, -0.15) is 0 Å². The first-order chi connectivity index (χ1) is 20.0. The van der Waals surface area contributed by atoms with E-state index in [4.69, 9.17) is 14.2 Å². The highest BCUT2D eigenvalue weighted by Crippen LogP contribution is 2.33. The highest BCUT2D eigenvalue weighted by atomic mass is 32.2. The quantitative estimate of drug-likeness (QED) is 0.253. The van der Waals surface area contributed by atoms with Crippen molar-refractivity contribution in [3.8, 4) is 11.3 Å². The van der Waals surface area contributed by atoms with Gasteiger partial charge in [-0.1, -0.05) is 38.1 Å². The number of halogens is 1. The molecule has 1 aliphatic heterocycles. The van der Waals surface area contributed by atoms with E-state index in [9.17, 15) is 12.8 Å². The van der Waals surface area contributed by atoms with E-state index in [2.05, 4.69) is 21.5 Å². The SMILES string of the molecule is C=CCOC1C[C@H](OCc2cccnc2)C[C@@H](/C=C/c2c(-c3ccc(F)cc3)nc(N(C)S(C)(=O)=O)nc2C(C)C)O1. The van der Waals surface area contributed by atoms with Crippen molar-refractivity contribution in [2.24, 2.45) is 0 Å². The van der Waals surface area contributed by atoms with Crippen molar-refractivity contribution in [2.75, 3.05) is 24.2 Å². The highest BCUT2D eigenvalue weighted by molar-refractivity contribution is 7.92. The Kier molecular flexibility index (Phi) is 10.6. The Morgan fingerprint density at radius 2 is 1.93 bits per heavy atom. The Balaban J connectivity index is 1.69. The Morgan fingerprint density at radius 1 is 1.17 bits per heavy atom. The first-order valence-electron chi connectivity index (χ1n) is 13.7. The molecule has 3 heterocycles. The number of ether oxygens (including phenoxy) is 3. The van der Waals surface area contributed by atoms with Gasteiger partial charge < -0.3 is 14.2 Å². The number of nitrogens with zero attached hydrogens (tertiary/aromatic N) is 4. The Bertz CT molecular complexity index is 1480. The normalized spacial score (nSPS) is 19.3. The molecule has 1 aliphatic rings. The van der Waals surface area contributed by atoms with E-state index in [0.717, 1.165) is 16.1 Å². The van der Waals surface area contributed by atoms with Gasteiger partial charge in [-0.25, -0.2) is 27.1 Å². The smallest absolute Gasteiger partial charge is 0.239 e. The lowest BCUT2D eigenvalue weighted by atomic mass is 9.96. The van der Waals surface area contributed by atoms with E-state index >= 15 is 0 Å². The molecular weight excluding hydrogens is 559 g/mol. The van der Waals surface area contributed by atoms with Gasteiger partial charge >= 0.3 is 0 Å². The van der Waals surface area contributed by atoms with Gasteiger partial charge in [0.25, 0.3) is 0 Å². The van der Waals surface area contributed by atoms with E-state index in [-0.39, 0.29) is 29.9 Å². The fourth-order valence-electron chi connectivity index (χ4n) is 4.52. The molecule has 9 nitrogen and oxygen atoms in total. The molecule has 11 heteroatoms. The largest absolute Gasteiger partial charge is 0.373 e. The maximum absolute atomic E-state index is 13.8. The monoisotopic (exact) mass is 596 g/mol. The number of benzene rings is 1. The summed E-state index contributed by atoms with van der Waals surface area (Å²) >= 11 is 0. The van der Waals surface area contributed by atoms with Crippen LogP contribution in [0.2, 0.25) is 0 Å². The van der Waals surface area contributed by atoms with Crippen LogP contribution in [0.5, 0.6) is 0 Å². The van der Waals surface area contributed by atoms with Crippen LogP contribution in [0.1, 0.15) is 49.4 Å². The molecule has 1 aromatic carbocycles. The van der Waals surface area contributed by atoms with Gasteiger partial charge in [-0.15, -0.1) is 6.58 Å². The van der Waals surface area contributed by atoms with Crippen LogP contribution >= 0.6 is 0 Å². The summed E-state index contributed by atoms with van der Waals surface area (Å²) in [6, 6.07) is 9.75. The van der Waals surface area contributed by atoms with Crippen LogP contribution in [0.3, 0.4) is 0 Å². The molecule has 3 atom stereocenters. The maximum Gasteiger partial charge on any atom is 0.239 e. The van der Waals surface area contributed by atoms with Gasteiger partial charge in [0.15, 0.2) is 6.29 Å². The third-order valence-corrected chi connectivity index (χ3v) is 7.93. The summed E-state index contributed by atoms with van der Waals surface area (Å²) in [5, 5.41) is 0. The molecule has 0 saturated carbocycles. The fraction of sp³-hybridized carbons (Fsp3) is 0.387. The summed E-state index contributed by atoms with van der Waals surface area (Å²) in [4.78, 5) is 13.4. The van der Waals surface area contributed by atoms with Gasteiger partial charge in [0.1, 0.15) is 5.82 Å². The number of hydrogen-bond donors (Lipinski definition) is 0. The van der Waals surface area contributed by atoms with E-state index in [1.165, 1.54) is 19.2 Å². The van der Waals surface area contributed by atoms with E-state index in [0.29, 0.717) is 48.6 Å². The van der Waals surface area contributed by atoms with Crippen molar-refractivity contribution >= 4 is 22.0 Å². The number of anilines is 1. The summed E-state index contributed by atoms with van der Waals surface area (Å²) in [7, 11) is -2.21. The molecule has 0 radical (unpaired) electrons. The minimum absolute atomic E-state index is 0.0355. The van der Waals surface area contributed by atoms with Crippen molar-refractivity contribution < 1.29 is 27.0 Å². The van der Waals surface area contributed by atoms with Crippen LogP contribution in [0, 0.1) is 5.82 Å². The third kappa shape index (κ3) is 8.28. The lowest BCUT2D eigenvalue weighted by Crippen LogP contribution is -2.37. The van der Waals surface area contributed by atoms with E-state index < -0.39 is 16.3 Å². The molecule has 42 heavy (non-hydrogen) atoms. The Hall–Kier alpha value is -3.51. The summed E-state index contributed by atoms with van der Waals surface area (Å²) in [6.45, 7) is 8.42. The molecule has 0 aliphatic carbocycles. The standard InChI is InChI=1S/C31H37FN4O5S/c1-6-16-39-28-18-26(40-20-22-8-7-15-33-19-22)17-25(41-28)13-14-27-29(21(2)3)34-31(36(4)42(5,37)38)35-30(27)23-9-11-24(32)12-10-23/h6-15,19,21,25-26,28H,1,16-18,20H2,2-5H3/b14-13+/t25-,26-,28?/m1/s1. The molecule has 0 bridgehead atoms. The zero-order valence-electron chi connectivity index (χ0n) is 24.3. The predicted octanol–water partition coefficient (Wildman–Crippen LogP) is 5.50. The first kappa shape index (κ1) is 31.4. The summed E-state index contributed by atoms with van der Waals surface area (Å²) in [5.41, 5.74) is 3.41. The van der Waals surface area contributed by atoms with Crippen LogP contribution in [0.15, 0.2) is 67.5 Å². The van der Waals surface area contributed by atoms with Gasteiger partial charge in [-0.3, -0.25) is 4.98 Å². The van der Waals surface area contributed by atoms with Crippen LogP contribution in [-0.2, 0) is 30.8 Å². The Labute approximate surface area is 247 Å². The number of rotatable bonds is 12. The molecule has 0 spiro atoms. The maximum atomic E-state index is 13.8. The second-order valence-corrected chi connectivity index (χ2v) is 12.4. The van der Waals surface area contributed by atoms with Crippen molar-refractivity contribution in [2.45, 2.75) is 57.7 Å². The van der Waals surface area contributed by atoms with Gasteiger partial charge in [0.05, 0.1) is 43.1 Å². The Morgan fingerprint density at radius 3 is 2.57 bits per heavy atom. The van der Waals surface area contributed by atoms with Crippen molar-refractivity contribution in [1.29, 1.82) is 0 Å². The van der Waals surface area contributed by atoms with Gasteiger partial charge in [0, 0.05) is 43.4 Å². The second-order valence-electron chi connectivity index (χ2n) is 10.4. The lowest BCUT2D eigenvalue weighted by molar-refractivity contribution is -0.207. The van der Waals surface area contributed by atoms with Crippen LogP contribution in [0.25, 0.3) is 17.3 Å². The average molecular weight is 597 g/mol. The van der Waals surface area contributed by atoms with Crippen molar-refractivity contribution in [3.05, 3.63) is 90.2 Å². The van der Waals surface area contributed by atoms with E-state index in [1.54, 1.807) is 30.6 Å². The zero-order valence-corrected chi connectivity index (χ0v) is 25.1. The third-order valence-electron chi connectivity index (χ3n) is 6.77. The molecule has 0 N–H and O–H groups in total. The molecule has 2 aromatic heterocycles. The molecule has 224 valence electrons. The average Bonchev–Trinajstić information content (AvgIpc) is 2.97.